The van der Waals surface area contributed by atoms with Gasteiger partial charge in [-0.05, 0) is 61.7 Å². The van der Waals surface area contributed by atoms with Crippen molar-refractivity contribution in [1.29, 1.82) is 0 Å². The summed E-state index contributed by atoms with van der Waals surface area (Å²) in [6, 6.07) is 16.4. The standard InChI is InChI=1S/C23H24FN3O/c1-3-27(21-6-4-5-17(2)13-21)22-14-19(15-25-16-22)23(28)26-12-11-18-7-9-20(24)10-8-18/h4-10,13-16H,3,11-12H2,1-2H3,(H,26,28). The SMILES string of the molecule is CCN(c1cccc(C)c1)c1cncc(C(=O)NCCc2ccc(F)cc2)c1. The summed E-state index contributed by atoms with van der Waals surface area (Å²) >= 11 is 0. The van der Waals surface area contributed by atoms with Crippen molar-refractivity contribution < 1.29 is 9.18 Å². The molecule has 0 radical (unpaired) electrons. The van der Waals surface area contributed by atoms with Crippen molar-refractivity contribution in [3.8, 4) is 0 Å². The van der Waals surface area contributed by atoms with Gasteiger partial charge in [0.1, 0.15) is 5.82 Å². The Kier molecular flexibility index (Phi) is 6.37. The molecule has 0 unspecified atom stereocenters. The van der Waals surface area contributed by atoms with Crippen LogP contribution in [0.15, 0.2) is 67.0 Å². The van der Waals surface area contributed by atoms with Crippen molar-refractivity contribution in [2.75, 3.05) is 18.0 Å². The van der Waals surface area contributed by atoms with Crippen LogP contribution in [0.4, 0.5) is 15.8 Å². The summed E-state index contributed by atoms with van der Waals surface area (Å²) in [4.78, 5) is 18.9. The Balaban J connectivity index is 1.67. The molecule has 3 rings (SSSR count). The molecule has 0 aliphatic heterocycles. The first-order valence-corrected chi connectivity index (χ1v) is 9.38. The second-order valence-corrected chi connectivity index (χ2v) is 6.65. The van der Waals surface area contributed by atoms with Gasteiger partial charge in [-0.15, -0.1) is 0 Å². The van der Waals surface area contributed by atoms with Crippen LogP contribution >= 0.6 is 0 Å². The summed E-state index contributed by atoms with van der Waals surface area (Å²) in [7, 11) is 0. The number of halogens is 1. The molecule has 0 spiro atoms. The van der Waals surface area contributed by atoms with E-state index in [9.17, 15) is 9.18 Å². The van der Waals surface area contributed by atoms with Gasteiger partial charge in [0.2, 0.25) is 0 Å². The molecule has 28 heavy (non-hydrogen) atoms. The van der Waals surface area contributed by atoms with Gasteiger partial charge in [0, 0.05) is 25.0 Å². The molecule has 4 nitrogen and oxygen atoms in total. The zero-order chi connectivity index (χ0) is 19.9. The molecule has 0 aliphatic carbocycles. The van der Waals surface area contributed by atoms with E-state index in [1.807, 2.05) is 18.2 Å². The highest BCUT2D eigenvalue weighted by Gasteiger charge is 2.12. The maximum absolute atomic E-state index is 13.0. The molecular formula is C23H24FN3O. The summed E-state index contributed by atoms with van der Waals surface area (Å²) in [6.45, 7) is 5.36. The fraction of sp³-hybridized carbons (Fsp3) is 0.217. The van der Waals surface area contributed by atoms with Crippen molar-refractivity contribution in [1.82, 2.24) is 10.3 Å². The number of carbonyl (C=O) groups is 1. The molecule has 0 bridgehead atoms. The number of amides is 1. The van der Waals surface area contributed by atoms with Gasteiger partial charge in [0.25, 0.3) is 5.91 Å². The third-order valence-electron chi connectivity index (χ3n) is 4.54. The Bertz CT molecular complexity index is 941. The fourth-order valence-electron chi connectivity index (χ4n) is 3.08. The lowest BCUT2D eigenvalue weighted by molar-refractivity contribution is 0.0954. The lowest BCUT2D eigenvalue weighted by Gasteiger charge is -2.23. The predicted octanol–water partition coefficient (Wildman–Crippen LogP) is 4.66. The van der Waals surface area contributed by atoms with Crippen molar-refractivity contribution >= 4 is 17.3 Å². The predicted molar refractivity (Wildman–Crippen MR) is 111 cm³/mol. The number of carbonyl (C=O) groups excluding carboxylic acids is 1. The highest BCUT2D eigenvalue weighted by Crippen LogP contribution is 2.25. The molecule has 2 aromatic carbocycles. The Morgan fingerprint density at radius 2 is 1.86 bits per heavy atom. The number of nitrogens with one attached hydrogen (secondary N) is 1. The molecule has 1 N–H and O–H groups in total. The van der Waals surface area contributed by atoms with E-state index in [0.717, 1.165) is 23.5 Å². The number of benzene rings is 2. The second kappa shape index (κ2) is 9.13. The summed E-state index contributed by atoms with van der Waals surface area (Å²) in [5, 5.41) is 2.90. The molecule has 0 saturated heterocycles. The molecule has 0 atom stereocenters. The quantitative estimate of drug-likeness (QED) is 0.651. The third kappa shape index (κ3) is 4.94. The van der Waals surface area contributed by atoms with Crippen LogP contribution in [0.5, 0.6) is 0 Å². The van der Waals surface area contributed by atoms with Gasteiger partial charge in [0.05, 0.1) is 17.4 Å². The van der Waals surface area contributed by atoms with E-state index >= 15 is 0 Å². The molecule has 144 valence electrons. The van der Waals surface area contributed by atoms with Gasteiger partial charge in [-0.1, -0.05) is 24.3 Å². The number of aromatic nitrogens is 1. The Labute approximate surface area is 165 Å². The van der Waals surface area contributed by atoms with Gasteiger partial charge in [-0.2, -0.15) is 0 Å². The van der Waals surface area contributed by atoms with E-state index < -0.39 is 0 Å². The first-order valence-electron chi connectivity index (χ1n) is 9.38. The van der Waals surface area contributed by atoms with E-state index in [0.29, 0.717) is 18.5 Å². The third-order valence-corrected chi connectivity index (χ3v) is 4.54. The van der Waals surface area contributed by atoms with E-state index in [1.165, 1.54) is 17.7 Å². The topological polar surface area (TPSA) is 45.2 Å². The molecule has 0 aliphatic rings. The van der Waals surface area contributed by atoms with Gasteiger partial charge in [-0.3, -0.25) is 9.78 Å². The van der Waals surface area contributed by atoms with E-state index in [4.69, 9.17) is 0 Å². The number of anilines is 2. The van der Waals surface area contributed by atoms with E-state index in [1.54, 1.807) is 24.5 Å². The van der Waals surface area contributed by atoms with Crippen LogP contribution in [0.25, 0.3) is 0 Å². The zero-order valence-electron chi connectivity index (χ0n) is 16.2. The van der Waals surface area contributed by atoms with Crippen molar-refractivity contribution in [2.45, 2.75) is 20.3 Å². The smallest absolute Gasteiger partial charge is 0.252 e. The fourth-order valence-corrected chi connectivity index (χ4v) is 3.08. The van der Waals surface area contributed by atoms with Crippen molar-refractivity contribution in [3.63, 3.8) is 0 Å². The number of nitrogens with zero attached hydrogens (tertiary/aromatic N) is 2. The Morgan fingerprint density at radius 3 is 2.57 bits per heavy atom. The van der Waals surface area contributed by atoms with Crippen molar-refractivity contribution in [2.24, 2.45) is 0 Å². The first kappa shape index (κ1) is 19.5. The monoisotopic (exact) mass is 377 g/mol. The number of hydrogen-bond acceptors (Lipinski definition) is 3. The molecule has 1 amide bonds. The summed E-state index contributed by atoms with van der Waals surface area (Å²) < 4.78 is 13.0. The van der Waals surface area contributed by atoms with Crippen molar-refractivity contribution in [3.05, 3.63) is 89.5 Å². The Morgan fingerprint density at radius 1 is 1.07 bits per heavy atom. The van der Waals surface area contributed by atoms with E-state index in [-0.39, 0.29) is 11.7 Å². The molecule has 0 fully saturated rings. The Hall–Kier alpha value is -3.21. The molecule has 0 saturated carbocycles. The largest absolute Gasteiger partial charge is 0.352 e. The second-order valence-electron chi connectivity index (χ2n) is 6.65. The van der Waals surface area contributed by atoms with Gasteiger partial charge < -0.3 is 10.2 Å². The summed E-state index contributed by atoms with van der Waals surface area (Å²) in [5.74, 6) is -0.429. The molecule has 1 heterocycles. The lowest BCUT2D eigenvalue weighted by Crippen LogP contribution is -2.26. The average molecular weight is 377 g/mol. The normalized spacial score (nSPS) is 10.5. The van der Waals surface area contributed by atoms with Crippen LogP contribution in [-0.4, -0.2) is 24.0 Å². The van der Waals surface area contributed by atoms with Gasteiger partial charge in [0.15, 0.2) is 0 Å². The van der Waals surface area contributed by atoms with E-state index in [2.05, 4.69) is 41.2 Å². The maximum Gasteiger partial charge on any atom is 0.252 e. The minimum absolute atomic E-state index is 0.170. The maximum atomic E-state index is 13.0. The number of rotatable bonds is 7. The van der Waals surface area contributed by atoms with Crippen LogP contribution in [0.3, 0.4) is 0 Å². The number of hydrogen-bond donors (Lipinski definition) is 1. The van der Waals surface area contributed by atoms with Crippen LogP contribution in [0, 0.1) is 12.7 Å². The molecule has 3 aromatic rings. The summed E-state index contributed by atoms with van der Waals surface area (Å²) in [5.41, 5.74) is 4.61. The average Bonchev–Trinajstić information content (AvgIpc) is 2.70. The van der Waals surface area contributed by atoms with Crippen LogP contribution in [0.2, 0.25) is 0 Å². The minimum Gasteiger partial charge on any atom is -0.352 e. The minimum atomic E-state index is -0.259. The van der Waals surface area contributed by atoms with Gasteiger partial charge in [-0.25, -0.2) is 4.39 Å². The summed E-state index contributed by atoms with van der Waals surface area (Å²) in [6.07, 6.45) is 3.98. The lowest BCUT2D eigenvalue weighted by atomic mass is 10.1. The zero-order valence-corrected chi connectivity index (χ0v) is 16.2. The number of pyridine rings is 1. The molecule has 5 heteroatoms. The molecule has 1 aromatic heterocycles. The van der Waals surface area contributed by atoms with Crippen LogP contribution < -0.4 is 10.2 Å². The first-order chi connectivity index (χ1) is 13.6. The highest BCUT2D eigenvalue weighted by atomic mass is 19.1. The van der Waals surface area contributed by atoms with Crippen LogP contribution in [0.1, 0.15) is 28.4 Å². The highest BCUT2D eigenvalue weighted by molar-refractivity contribution is 5.95. The van der Waals surface area contributed by atoms with Crippen LogP contribution in [-0.2, 0) is 6.42 Å². The molecular weight excluding hydrogens is 353 g/mol. The van der Waals surface area contributed by atoms with Gasteiger partial charge >= 0.3 is 0 Å². The number of aryl methyl sites for hydroxylation is 1.